The van der Waals surface area contributed by atoms with Crippen LogP contribution in [0.2, 0.25) is 4.34 Å². The first-order chi connectivity index (χ1) is 8.70. The molecule has 0 spiro atoms. The Bertz CT molecular complexity index is 509. The maximum absolute atomic E-state index is 12.2. The van der Waals surface area contributed by atoms with E-state index in [1.807, 2.05) is 23.9 Å². The van der Waals surface area contributed by atoms with Crippen LogP contribution in [-0.2, 0) is 6.54 Å². The summed E-state index contributed by atoms with van der Waals surface area (Å²) in [5, 5.41) is 4.12. The highest BCUT2D eigenvalue weighted by Gasteiger charge is 2.15. The van der Waals surface area contributed by atoms with Crippen LogP contribution >= 0.6 is 22.9 Å². The van der Waals surface area contributed by atoms with Gasteiger partial charge in [-0.1, -0.05) is 11.6 Å². The summed E-state index contributed by atoms with van der Waals surface area (Å²) in [5.74, 6) is 0.0292. The van der Waals surface area contributed by atoms with Crippen LogP contribution < -0.4 is 0 Å². The SMILES string of the molecule is CCN(CCn1cccn1)C(=O)c1ccc(Cl)s1. The van der Waals surface area contributed by atoms with Gasteiger partial charge in [-0.2, -0.15) is 5.10 Å². The Hall–Kier alpha value is -1.33. The zero-order valence-electron chi connectivity index (χ0n) is 10.0. The molecule has 2 rings (SSSR count). The zero-order valence-corrected chi connectivity index (χ0v) is 11.6. The number of carbonyl (C=O) groups excluding carboxylic acids is 1. The van der Waals surface area contributed by atoms with Gasteiger partial charge in [0.2, 0.25) is 0 Å². The van der Waals surface area contributed by atoms with Crippen molar-refractivity contribution in [3.8, 4) is 0 Å². The Morgan fingerprint density at radius 2 is 2.39 bits per heavy atom. The minimum absolute atomic E-state index is 0.0292. The second kappa shape index (κ2) is 6.02. The van der Waals surface area contributed by atoms with Crippen LogP contribution in [0.25, 0.3) is 0 Å². The van der Waals surface area contributed by atoms with E-state index in [1.165, 1.54) is 11.3 Å². The summed E-state index contributed by atoms with van der Waals surface area (Å²) in [6, 6.07) is 5.39. The van der Waals surface area contributed by atoms with E-state index >= 15 is 0 Å². The summed E-state index contributed by atoms with van der Waals surface area (Å²) in [7, 11) is 0. The molecule has 2 aromatic rings. The predicted molar refractivity (Wildman–Crippen MR) is 73.1 cm³/mol. The van der Waals surface area contributed by atoms with Crippen molar-refractivity contribution >= 4 is 28.8 Å². The zero-order chi connectivity index (χ0) is 13.0. The van der Waals surface area contributed by atoms with Crippen LogP contribution in [-0.4, -0.2) is 33.7 Å². The quantitative estimate of drug-likeness (QED) is 0.846. The monoisotopic (exact) mass is 283 g/mol. The molecule has 2 heterocycles. The molecule has 0 bridgehead atoms. The topological polar surface area (TPSA) is 38.1 Å². The molecule has 0 saturated carbocycles. The normalized spacial score (nSPS) is 10.6. The predicted octanol–water partition coefficient (Wildman–Crippen LogP) is 2.76. The Balaban J connectivity index is 1.98. The van der Waals surface area contributed by atoms with Crippen molar-refractivity contribution in [1.29, 1.82) is 0 Å². The second-order valence-corrected chi connectivity index (χ2v) is 5.47. The summed E-state index contributed by atoms with van der Waals surface area (Å²) >= 11 is 7.16. The molecule has 0 aromatic carbocycles. The minimum atomic E-state index is 0.0292. The van der Waals surface area contributed by atoms with Crippen LogP contribution in [0.3, 0.4) is 0 Å². The molecule has 0 radical (unpaired) electrons. The van der Waals surface area contributed by atoms with Crippen LogP contribution in [0.1, 0.15) is 16.6 Å². The average molecular weight is 284 g/mol. The molecule has 96 valence electrons. The van der Waals surface area contributed by atoms with Gasteiger partial charge in [-0.25, -0.2) is 0 Å². The van der Waals surface area contributed by atoms with Crippen LogP contribution in [0, 0.1) is 0 Å². The fourth-order valence-corrected chi connectivity index (χ4v) is 2.66. The number of hydrogen-bond acceptors (Lipinski definition) is 3. The molecule has 2 aromatic heterocycles. The van der Waals surface area contributed by atoms with E-state index in [2.05, 4.69) is 5.10 Å². The van der Waals surface area contributed by atoms with Crippen molar-refractivity contribution in [2.24, 2.45) is 0 Å². The van der Waals surface area contributed by atoms with Crippen molar-refractivity contribution < 1.29 is 4.79 Å². The molecule has 0 aliphatic carbocycles. The van der Waals surface area contributed by atoms with Crippen LogP contribution in [0.5, 0.6) is 0 Å². The molecule has 1 amide bonds. The molecule has 0 N–H and O–H groups in total. The Labute approximate surface area is 115 Å². The maximum Gasteiger partial charge on any atom is 0.264 e. The average Bonchev–Trinajstić information content (AvgIpc) is 3.00. The summed E-state index contributed by atoms with van der Waals surface area (Å²) in [6.45, 7) is 3.99. The van der Waals surface area contributed by atoms with Crippen molar-refractivity contribution in [1.82, 2.24) is 14.7 Å². The van der Waals surface area contributed by atoms with E-state index < -0.39 is 0 Å². The number of aromatic nitrogens is 2. The standard InChI is InChI=1S/C12H14ClN3OS/c1-2-15(8-9-16-7-3-6-14-16)12(17)10-4-5-11(13)18-10/h3-7H,2,8-9H2,1H3. The number of hydrogen-bond donors (Lipinski definition) is 0. The molecule has 0 aliphatic rings. The van der Waals surface area contributed by atoms with E-state index in [1.54, 1.807) is 23.2 Å². The van der Waals surface area contributed by atoms with Gasteiger partial charge < -0.3 is 4.90 Å². The number of likely N-dealkylation sites (N-methyl/N-ethyl adjacent to an activating group) is 1. The van der Waals surface area contributed by atoms with Gasteiger partial charge in [-0.05, 0) is 25.1 Å². The number of thiophene rings is 1. The van der Waals surface area contributed by atoms with Gasteiger partial charge in [0.15, 0.2) is 0 Å². The maximum atomic E-state index is 12.2. The van der Waals surface area contributed by atoms with Gasteiger partial charge in [-0.15, -0.1) is 11.3 Å². The number of amides is 1. The minimum Gasteiger partial charge on any atom is -0.336 e. The smallest absolute Gasteiger partial charge is 0.264 e. The third-order valence-corrected chi connectivity index (χ3v) is 3.83. The van der Waals surface area contributed by atoms with Gasteiger partial charge in [0.05, 0.1) is 15.8 Å². The van der Waals surface area contributed by atoms with Crippen molar-refractivity contribution in [3.63, 3.8) is 0 Å². The summed E-state index contributed by atoms with van der Waals surface area (Å²) < 4.78 is 2.46. The molecular formula is C12H14ClN3OS. The Morgan fingerprint density at radius 1 is 1.56 bits per heavy atom. The first kappa shape index (κ1) is 13.1. The third-order valence-electron chi connectivity index (χ3n) is 2.61. The molecule has 6 heteroatoms. The first-order valence-electron chi connectivity index (χ1n) is 5.72. The third kappa shape index (κ3) is 3.11. The number of nitrogens with zero attached hydrogens (tertiary/aromatic N) is 3. The lowest BCUT2D eigenvalue weighted by Crippen LogP contribution is -2.33. The summed E-state index contributed by atoms with van der Waals surface area (Å²) in [4.78, 5) is 14.7. The number of carbonyl (C=O) groups is 1. The lowest BCUT2D eigenvalue weighted by molar-refractivity contribution is 0.0762. The van der Waals surface area contributed by atoms with Crippen molar-refractivity contribution in [2.75, 3.05) is 13.1 Å². The fraction of sp³-hybridized carbons (Fsp3) is 0.333. The Kier molecular flexibility index (Phi) is 4.38. The second-order valence-electron chi connectivity index (χ2n) is 3.76. The summed E-state index contributed by atoms with van der Waals surface area (Å²) in [5.41, 5.74) is 0. The molecule has 0 fully saturated rings. The molecule has 4 nitrogen and oxygen atoms in total. The highest BCUT2D eigenvalue weighted by Crippen LogP contribution is 2.22. The van der Waals surface area contributed by atoms with Crippen LogP contribution in [0.4, 0.5) is 0 Å². The lowest BCUT2D eigenvalue weighted by atomic mass is 10.4. The van der Waals surface area contributed by atoms with Crippen molar-refractivity contribution in [3.05, 3.63) is 39.8 Å². The van der Waals surface area contributed by atoms with Gasteiger partial charge in [0.25, 0.3) is 5.91 Å². The molecule has 0 atom stereocenters. The van der Waals surface area contributed by atoms with E-state index in [9.17, 15) is 4.79 Å². The lowest BCUT2D eigenvalue weighted by Gasteiger charge is -2.19. The van der Waals surface area contributed by atoms with Gasteiger partial charge in [-0.3, -0.25) is 9.48 Å². The largest absolute Gasteiger partial charge is 0.336 e. The molecule has 0 unspecified atom stereocenters. The molecule has 0 aliphatic heterocycles. The van der Waals surface area contributed by atoms with Gasteiger partial charge in [0, 0.05) is 25.5 Å². The van der Waals surface area contributed by atoms with E-state index in [-0.39, 0.29) is 5.91 Å². The summed E-state index contributed by atoms with van der Waals surface area (Å²) in [6.07, 6.45) is 3.62. The van der Waals surface area contributed by atoms with Gasteiger partial charge >= 0.3 is 0 Å². The highest BCUT2D eigenvalue weighted by molar-refractivity contribution is 7.17. The van der Waals surface area contributed by atoms with Gasteiger partial charge in [0.1, 0.15) is 0 Å². The van der Waals surface area contributed by atoms with E-state index in [0.29, 0.717) is 28.8 Å². The number of rotatable bonds is 5. The number of halogens is 1. The Morgan fingerprint density at radius 3 is 2.94 bits per heavy atom. The van der Waals surface area contributed by atoms with E-state index in [0.717, 1.165) is 0 Å². The molecule has 0 saturated heterocycles. The van der Waals surface area contributed by atoms with Crippen molar-refractivity contribution in [2.45, 2.75) is 13.5 Å². The fourth-order valence-electron chi connectivity index (χ4n) is 1.64. The highest BCUT2D eigenvalue weighted by atomic mass is 35.5. The van der Waals surface area contributed by atoms with Crippen LogP contribution in [0.15, 0.2) is 30.6 Å². The first-order valence-corrected chi connectivity index (χ1v) is 6.92. The molecule has 18 heavy (non-hydrogen) atoms. The van der Waals surface area contributed by atoms with E-state index in [4.69, 9.17) is 11.6 Å². The molecular weight excluding hydrogens is 270 g/mol.